The van der Waals surface area contributed by atoms with E-state index in [-0.39, 0.29) is 18.0 Å². The Bertz CT molecular complexity index is 733. The maximum atomic E-state index is 12.9. The first-order chi connectivity index (χ1) is 12.1. The van der Waals surface area contributed by atoms with Crippen LogP contribution in [0.1, 0.15) is 5.56 Å². The van der Waals surface area contributed by atoms with Crippen LogP contribution in [0.5, 0.6) is 5.75 Å². The van der Waals surface area contributed by atoms with Crippen molar-refractivity contribution in [2.45, 2.75) is 12.6 Å². The molecule has 0 atom stereocenters. The number of ether oxygens (including phenoxy) is 1. The number of nitrogens with one attached hydrogen (secondary N) is 1. The van der Waals surface area contributed by atoms with Gasteiger partial charge < -0.3 is 15.2 Å². The molecule has 0 spiro atoms. The number of aliphatic hydroxyl groups is 1. The van der Waals surface area contributed by atoms with Gasteiger partial charge in [-0.05, 0) is 18.2 Å². The first kappa shape index (κ1) is 19.6. The van der Waals surface area contributed by atoms with Gasteiger partial charge in [0.25, 0.3) is 18.2 Å². The highest BCUT2D eigenvalue weighted by Crippen LogP contribution is 2.36. The fourth-order valence-electron chi connectivity index (χ4n) is 2.14. The Morgan fingerprint density at radius 1 is 1.23 bits per heavy atom. The van der Waals surface area contributed by atoms with Crippen LogP contribution in [0.2, 0.25) is 0 Å². The minimum atomic E-state index is -4.72. The molecule has 0 saturated carbocycles. The normalized spacial score (nSPS) is 14.9. The summed E-state index contributed by atoms with van der Waals surface area (Å²) in [4.78, 5) is 24.4. The van der Waals surface area contributed by atoms with Gasteiger partial charge in [0.1, 0.15) is 18.1 Å². The topological polar surface area (TPSA) is 78.9 Å². The van der Waals surface area contributed by atoms with Crippen LogP contribution >= 0.6 is 0 Å². The van der Waals surface area contributed by atoms with Gasteiger partial charge in [-0.2, -0.15) is 13.2 Å². The highest BCUT2D eigenvalue weighted by molar-refractivity contribution is 6.17. The first-order valence-electron chi connectivity index (χ1n) is 7.21. The van der Waals surface area contributed by atoms with Gasteiger partial charge in [0.05, 0.1) is 24.4 Å². The molecule has 1 heterocycles. The molecule has 11 heteroatoms. The summed E-state index contributed by atoms with van der Waals surface area (Å²) in [5.41, 5.74) is -1.88. The molecule has 0 aliphatic carbocycles. The molecule has 1 aliphatic rings. The molecule has 0 saturated heterocycles. The number of hydrogen-bond acceptors (Lipinski definition) is 5. The van der Waals surface area contributed by atoms with Crippen molar-refractivity contribution in [3.05, 3.63) is 35.5 Å². The van der Waals surface area contributed by atoms with Gasteiger partial charge in [-0.25, -0.2) is 8.78 Å². The van der Waals surface area contributed by atoms with Gasteiger partial charge in [-0.15, -0.1) is 0 Å². The highest BCUT2D eigenvalue weighted by Gasteiger charge is 2.33. The second-order valence-corrected chi connectivity index (χ2v) is 5.11. The minimum Gasteiger partial charge on any atom is -0.485 e. The molecule has 1 aromatic carbocycles. The Labute approximate surface area is 143 Å². The fraction of sp³-hybridized carbons (Fsp3) is 0.333. The number of halogens is 5. The van der Waals surface area contributed by atoms with Crippen LogP contribution in [-0.2, 0) is 15.8 Å². The lowest BCUT2D eigenvalue weighted by molar-refractivity contribution is -0.138. The monoisotopic (exact) mass is 380 g/mol. The third-order valence-electron chi connectivity index (χ3n) is 3.27. The molecular formula is C15H13F5N2O4. The molecule has 26 heavy (non-hydrogen) atoms. The standard InChI is InChI=1S/C15H13F5N2O4/c16-12(17)7-26-11-2-1-8(15(18,19)20)5-9(11)21-10-6-13(24)22(3-4-23)14(10)25/h1-2,5-6,12,21,23H,3-4,7H2. The number of hydrogen-bond donors (Lipinski definition) is 2. The summed E-state index contributed by atoms with van der Waals surface area (Å²) in [7, 11) is 0. The second kappa shape index (κ2) is 7.68. The van der Waals surface area contributed by atoms with Crippen molar-refractivity contribution in [1.82, 2.24) is 4.90 Å². The van der Waals surface area contributed by atoms with Crippen molar-refractivity contribution in [3.8, 4) is 5.75 Å². The number of carbonyl (C=O) groups excluding carboxylic acids is 2. The number of aliphatic hydroxyl groups excluding tert-OH is 1. The number of amides is 2. The number of alkyl halides is 5. The average Bonchev–Trinajstić information content (AvgIpc) is 2.80. The zero-order valence-corrected chi connectivity index (χ0v) is 13.0. The van der Waals surface area contributed by atoms with Gasteiger partial charge in [0, 0.05) is 6.08 Å². The Kier molecular flexibility index (Phi) is 5.80. The SMILES string of the molecule is O=C1C=C(Nc2cc(C(F)(F)F)ccc2OCC(F)F)C(=O)N1CCO. The van der Waals surface area contributed by atoms with Crippen LogP contribution in [0.3, 0.4) is 0 Å². The predicted molar refractivity (Wildman–Crippen MR) is 78.5 cm³/mol. The van der Waals surface area contributed by atoms with Gasteiger partial charge in [-0.1, -0.05) is 0 Å². The van der Waals surface area contributed by atoms with Crippen LogP contribution in [0, 0.1) is 0 Å². The molecular weight excluding hydrogens is 367 g/mol. The predicted octanol–water partition coefficient (Wildman–Crippen LogP) is 2.01. The number of nitrogens with zero attached hydrogens (tertiary/aromatic N) is 1. The highest BCUT2D eigenvalue weighted by atomic mass is 19.4. The summed E-state index contributed by atoms with van der Waals surface area (Å²) < 4.78 is 68.0. The van der Waals surface area contributed by atoms with Crippen molar-refractivity contribution in [2.75, 3.05) is 25.1 Å². The molecule has 2 amide bonds. The van der Waals surface area contributed by atoms with Crippen molar-refractivity contribution in [2.24, 2.45) is 0 Å². The smallest absolute Gasteiger partial charge is 0.416 e. The molecule has 1 aliphatic heterocycles. The van der Waals surface area contributed by atoms with E-state index in [0.29, 0.717) is 17.0 Å². The van der Waals surface area contributed by atoms with E-state index in [1.807, 2.05) is 0 Å². The summed E-state index contributed by atoms with van der Waals surface area (Å²) in [6.07, 6.45) is -6.75. The van der Waals surface area contributed by atoms with Crippen LogP contribution in [0.15, 0.2) is 30.0 Å². The first-order valence-corrected chi connectivity index (χ1v) is 7.21. The molecule has 0 radical (unpaired) electrons. The molecule has 0 unspecified atom stereocenters. The van der Waals surface area contributed by atoms with Gasteiger partial charge >= 0.3 is 6.18 Å². The molecule has 0 bridgehead atoms. The van der Waals surface area contributed by atoms with Crippen molar-refractivity contribution >= 4 is 17.5 Å². The number of carbonyl (C=O) groups is 2. The summed E-state index contributed by atoms with van der Waals surface area (Å²) >= 11 is 0. The molecule has 1 aromatic rings. The summed E-state index contributed by atoms with van der Waals surface area (Å²) in [5, 5.41) is 11.1. The van der Waals surface area contributed by atoms with E-state index in [4.69, 9.17) is 9.84 Å². The average molecular weight is 380 g/mol. The number of β-amino-alcohol motifs (C(OH)–C–C–N with tert-alkyl or cyclic N) is 1. The Morgan fingerprint density at radius 2 is 1.92 bits per heavy atom. The van der Waals surface area contributed by atoms with E-state index in [9.17, 15) is 31.5 Å². The van der Waals surface area contributed by atoms with Crippen LogP contribution in [-0.4, -0.2) is 48.0 Å². The van der Waals surface area contributed by atoms with Crippen molar-refractivity contribution < 1.29 is 41.4 Å². The molecule has 6 nitrogen and oxygen atoms in total. The lowest BCUT2D eigenvalue weighted by Crippen LogP contribution is -2.34. The van der Waals surface area contributed by atoms with E-state index in [0.717, 1.165) is 12.1 Å². The maximum Gasteiger partial charge on any atom is 0.416 e. The van der Waals surface area contributed by atoms with Crippen LogP contribution < -0.4 is 10.1 Å². The lowest BCUT2D eigenvalue weighted by atomic mass is 10.1. The fourth-order valence-corrected chi connectivity index (χ4v) is 2.14. The summed E-state index contributed by atoms with van der Waals surface area (Å²) in [5.74, 6) is -1.99. The van der Waals surface area contributed by atoms with Gasteiger partial charge in [0.15, 0.2) is 0 Å². The zero-order valence-electron chi connectivity index (χ0n) is 13.0. The third kappa shape index (κ3) is 4.48. The summed E-state index contributed by atoms with van der Waals surface area (Å²) in [6.45, 7) is -1.86. The molecule has 0 fully saturated rings. The van der Waals surface area contributed by atoms with Gasteiger partial charge in [0.2, 0.25) is 0 Å². The van der Waals surface area contributed by atoms with Crippen molar-refractivity contribution in [1.29, 1.82) is 0 Å². The van der Waals surface area contributed by atoms with Crippen molar-refractivity contribution in [3.63, 3.8) is 0 Å². The van der Waals surface area contributed by atoms with Crippen LogP contribution in [0.4, 0.5) is 27.6 Å². The molecule has 0 aromatic heterocycles. The summed E-state index contributed by atoms with van der Waals surface area (Å²) in [6, 6.07) is 2.05. The Balaban J connectivity index is 2.32. The van der Waals surface area contributed by atoms with E-state index in [1.165, 1.54) is 0 Å². The van der Waals surface area contributed by atoms with E-state index in [1.54, 1.807) is 0 Å². The molecule has 2 N–H and O–H groups in total. The Hall–Kier alpha value is -2.69. The number of rotatable bonds is 7. The zero-order chi connectivity index (χ0) is 19.5. The lowest BCUT2D eigenvalue weighted by Gasteiger charge is -2.17. The van der Waals surface area contributed by atoms with Crippen LogP contribution in [0.25, 0.3) is 0 Å². The second-order valence-electron chi connectivity index (χ2n) is 5.11. The largest absolute Gasteiger partial charge is 0.485 e. The van der Waals surface area contributed by atoms with E-state index >= 15 is 0 Å². The quantitative estimate of drug-likeness (QED) is 0.559. The molecule has 2 rings (SSSR count). The van der Waals surface area contributed by atoms with E-state index < -0.39 is 48.9 Å². The minimum absolute atomic E-state index is 0.295. The molecule has 142 valence electrons. The number of imide groups is 1. The Morgan fingerprint density at radius 3 is 2.50 bits per heavy atom. The van der Waals surface area contributed by atoms with E-state index in [2.05, 4.69) is 5.32 Å². The number of benzene rings is 1. The number of anilines is 1. The third-order valence-corrected chi connectivity index (χ3v) is 3.27. The van der Waals surface area contributed by atoms with Gasteiger partial charge in [-0.3, -0.25) is 14.5 Å². The maximum absolute atomic E-state index is 12.9.